The summed E-state index contributed by atoms with van der Waals surface area (Å²) in [6, 6.07) is 5.35. The van der Waals surface area contributed by atoms with Crippen molar-refractivity contribution in [3.05, 3.63) is 29.8 Å². The van der Waals surface area contributed by atoms with Gasteiger partial charge >= 0.3 is 0 Å². The Hall–Kier alpha value is -1.16. The molecule has 0 saturated carbocycles. The lowest BCUT2D eigenvalue weighted by Gasteiger charge is -2.19. The van der Waals surface area contributed by atoms with Crippen LogP contribution in [0.2, 0.25) is 0 Å². The number of alkyl halides is 2. The Morgan fingerprint density at radius 1 is 1.47 bits per heavy atom. The van der Waals surface area contributed by atoms with Gasteiger partial charge < -0.3 is 10.5 Å². The fourth-order valence-electron chi connectivity index (χ4n) is 1.37. The van der Waals surface area contributed by atoms with Gasteiger partial charge in [0.15, 0.2) is 0 Å². The summed E-state index contributed by atoms with van der Waals surface area (Å²) in [5, 5.41) is 0. The standard InChI is InChI=1S/C11H15F2NO/c1-8(14)7-11(12,13)9-4-3-5-10(6-9)15-2/h3-6,8H,7,14H2,1-2H3. The second kappa shape index (κ2) is 4.57. The maximum absolute atomic E-state index is 13.6. The second-order valence-electron chi connectivity index (χ2n) is 3.62. The molecule has 1 rings (SSSR count). The summed E-state index contributed by atoms with van der Waals surface area (Å²) >= 11 is 0. The van der Waals surface area contributed by atoms with Crippen molar-refractivity contribution in [2.24, 2.45) is 5.73 Å². The molecule has 0 amide bonds. The molecule has 84 valence electrons. The first kappa shape index (κ1) is 11.9. The molecule has 1 aromatic carbocycles. The molecule has 1 unspecified atom stereocenters. The number of methoxy groups -OCH3 is 1. The van der Waals surface area contributed by atoms with E-state index in [2.05, 4.69) is 0 Å². The van der Waals surface area contributed by atoms with Crippen molar-refractivity contribution in [1.82, 2.24) is 0 Å². The minimum atomic E-state index is -2.90. The smallest absolute Gasteiger partial charge is 0.274 e. The molecule has 0 heterocycles. The lowest BCUT2D eigenvalue weighted by atomic mass is 10.0. The van der Waals surface area contributed by atoms with Gasteiger partial charge in [-0.2, -0.15) is 0 Å². The molecule has 0 radical (unpaired) electrons. The van der Waals surface area contributed by atoms with E-state index in [-0.39, 0.29) is 12.0 Å². The molecular weight excluding hydrogens is 200 g/mol. The summed E-state index contributed by atoms with van der Waals surface area (Å²) in [6.45, 7) is 1.56. The number of ether oxygens (including phenoxy) is 1. The van der Waals surface area contributed by atoms with E-state index in [1.807, 2.05) is 0 Å². The van der Waals surface area contributed by atoms with Crippen molar-refractivity contribution >= 4 is 0 Å². The van der Waals surface area contributed by atoms with Crippen LogP contribution in [-0.4, -0.2) is 13.2 Å². The Balaban J connectivity index is 2.93. The molecule has 4 heteroatoms. The number of benzene rings is 1. The maximum atomic E-state index is 13.6. The third kappa shape index (κ3) is 3.16. The molecule has 0 fully saturated rings. The van der Waals surface area contributed by atoms with Crippen molar-refractivity contribution in [2.45, 2.75) is 25.3 Å². The maximum Gasteiger partial charge on any atom is 0.274 e. The number of hydrogen-bond acceptors (Lipinski definition) is 2. The Labute approximate surface area is 88.0 Å². The summed E-state index contributed by atoms with van der Waals surface area (Å²) in [6.07, 6.45) is -0.361. The Kier molecular flexibility index (Phi) is 3.63. The highest BCUT2D eigenvalue weighted by Crippen LogP contribution is 2.34. The van der Waals surface area contributed by atoms with Crippen molar-refractivity contribution in [3.63, 3.8) is 0 Å². The third-order valence-electron chi connectivity index (χ3n) is 2.07. The van der Waals surface area contributed by atoms with Gasteiger partial charge in [0.25, 0.3) is 5.92 Å². The molecule has 1 aromatic rings. The summed E-state index contributed by atoms with van der Waals surface area (Å²) in [7, 11) is 1.45. The predicted octanol–water partition coefficient (Wildman–Crippen LogP) is 2.52. The van der Waals surface area contributed by atoms with Gasteiger partial charge in [-0.3, -0.25) is 0 Å². The van der Waals surface area contributed by atoms with E-state index in [1.165, 1.54) is 19.2 Å². The second-order valence-corrected chi connectivity index (χ2v) is 3.62. The van der Waals surface area contributed by atoms with E-state index >= 15 is 0 Å². The van der Waals surface area contributed by atoms with Crippen LogP contribution in [0, 0.1) is 0 Å². The zero-order valence-corrected chi connectivity index (χ0v) is 8.84. The van der Waals surface area contributed by atoms with E-state index < -0.39 is 12.0 Å². The molecular formula is C11H15F2NO. The Morgan fingerprint density at radius 2 is 2.13 bits per heavy atom. The average molecular weight is 215 g/mol. The highest BCUT2D eigenvalue weighted by Gasteiger charge is 2.32. The molecule has 0 aliphatic heterocycles. The summed E-state index contributed by atoms with van der Waals surface area (Å²) in [5.41, 5.74) is 5.32. The molecule has 0 aliphatic rings. The molecule has 0 spiro atoms. The van der Waals surface area contributed by atoms with Gasteiger partial charge in [-0.25, -0.2) is 8.78 Å². The van der Waals surface area contributed by atoms with Gasteiger partial charge in [0, 0.05) is 18.0 Å². The minimum absolute atomic E-state index is 0.0563. The van der Waals surface area contributed by atoms with Crippen LogP contribution in [0.15, 0.2) is 24.3 Å². The number of rotatable bonds is 4. The van der Waals surface area contributed by atoms with E-state index in [0.29, 0.717) is 5.75 Å². The van der Waals surface area contributed by atoms with Crippen LogP contribution in [0.1, 0.15) is 18.9 Å². The summed E-state index contributed by atoms with van der Waals surface area (Å²) < 4.78 is 32.1. The Morgan fingerprint density at radius 3 is 2.67 bits per heavy atom. The highest BCUT2D eigenvalue weighted by atomic mass is 19.3. The van der Waals surface area contributed by atoms with Crippen LogP contribution in [0.3, 0.4) is 0 Å². The molecule has 1 atom stereocenters. The van der Waals surface area contributed by atoms with E-state index in [1.54, 1.807) is 19.1 Å². The highest BCUT2D eigenvalue weighted by molar-refractivity contribution is 5.31. The monoisotopic (exact) mass is 215 g/mol. The van der Waals surface area contributed by atoms with Crippen LogP contribution in [-0.2, 0) is 5.92 Å². The Bertz CT molecular complexity index is 326. The van der Waals surface area contributed by atoms with Gasteiger partial charge in [0.1, 0.15) is 5.75 Å². The van der Waals surface area contributed by atoms with Gasteiger partial charge in [-0.05, 0) is 19.1 Å². The van der Waals surface area contributed by atoms with Crippen LogP contribution in [0.25, 0.3) is 0 Å². The van der Waals surface area contributed by atoms with Crippen molar-refractivity contribution < 1.29 is 13.5 Å². The van der Waals surface area contributed by atoms with Gasteiger partial charge in [0.2, 0.25) is 0 Å². The lowest BCUT2D eigenvalue weighted by molar-refractivity contribution is -0.0182. The molecule has 0 bridgehead atoms. The van der Waals surface area contributed by atoms with Crippen LogP contribution >= 0.6 is 0 Å². The zero-order valence-electron chi connectivity index (χ0n) is 8.84. The van der Waals surface area contributed by atoms with Crippen LogP contribution in [0.4, 0.5) is 8.78 Å². The number of nitrogens with two attached hydrogens (primary N) is 1. The normalized spacial score (nSPS) is 13.7. The molecule has 15 heavy (non-hydrogen) atoms. The minimum Gasteiger partial charge on any atom is -0.497 e. The van der Waals surface area contributed by atoms with E-state index in [9.17, 15) is 8.78 Å². The topological polar surface area (TPSA) is 35.2 Å². The lowest BCUT2D eigenvalue weighted by Crippen LogP contribution is -2.26. The molecule has 0 aliphatic carbocycles. The first-order chi connectivity index (χ1) is 6.95. The molecule has 2 nitrogen and oxygen atoms in total. The first-order valence-electron chi connectivity index (χ1n) is 4.73. The van der Waals surface area contributed by atoms with E-state index in [4.69, 9.17) is 10.5 Å². The SMILES string of the molecule is COc1cccc(C(F)(F)CC(C)N)c1. The third-order valence-corrected chi connectivity index (χ3v) is 2.07. The van der Waals surface area contributed by atoms with Crippen molar-refractivity contribution in [2.75, 3.05) is 7.11 Å². The first-order valence-corrected chi connectivity index (χ1v) is 4.73. The van der Waals surface area contributed by atoms with Crippen molar-refractivity contribution in [1.29, 1.82) is 0 Å². The van der Waals surface area contributed by atoms with Crippen LogP contribution in [0.5, 0.6) is 5.75 Å². The fourth-order valence-corrected chi connectivity index (χ4v) is 1.37. The van der Waals surface area contributed by atoms with Crippen LogP contribution < -0.4 is 10.5 Å². The fraction of sp³-hybridized carbons (Fsp3) is 0.455. The average Bonchev–Trinajstić information content (AvgIpc) is 2.16. The zero-order chi connectivity index (χ0) is 11.5. The van der Waals surface area contributed by atoms with E-state index in [0.717, 1.165) is 0 Å². The summed E-state index contributed by atoms with van der Waals surface area (Å²) in [4.78, 5) is 0. The van der Waals surface area contributed by atoms with Crippen molar-refractivity contribution in [3.8, 4) is 5.75 Å². The predicted molar refractivity (Wildman–Crippen MR) is 55.2 cm³/mol. The molecule has 0 saturated heterocycles. The van der Waals surface area contributed by atoms with Gasteiger partial charge in [0.05, 0.1) is 7.11 Å². The summed E-state index contributed by atoms with van der Waals surface area (Å²) in [5.74, 6) is -2.47. The largest absolute Gasteiger partial charge is 0.497 e. The number of hydrogen-bond donors (Lipinski definition) is 1. The molecule has 2 N–H and O–H groups in total. The molecule has 0 aromatic heterocycles. The number of halogens is 2. The van der Waals surface area contributed by atoms with Gasteiger partial charge in [-0.15, -0.1) is 0 Å². The van der Waals surface area contributed by atoms with Gasteiger partial charge in [-0.1, -0.05) is 12.1 Å². The quantitative estimate of drug-likeness (QED) is 0.837.